The molecule has 6 heteroatoms. The first-order valence-electron chi connectivity index (χ1n) is 6.41. The molecule has 0 saturated carbocycles. The van der Waals surface area contributed by atoms with Gasteiger partial charge in [-0.15, -0.1) is 11.8 Å². The van der Waals surface area contributed by atoms with Gasteiger partial charge in [0.15, 0.2) is 0 Å². The molecule has 4 nitrogen and oxygen atoms in total. The number of hydrogen-bond acceptors (Lipinski definition) is 3. The minimum absolute atomic E-state index is 0.0155. The van der Waals surface area contributed by atoms with Crippen molar-refractivity contribution in [1.29, 1.82) is 0 Å². The van der Waals surface area contributed by atoms with Gasteiger partial charge in [0.2, 0.25) is 11.8 Å². The molecule has 110 valence electrons. The second-order valence-electron chi connectivity index (χ2n) is 4.55. The quantitative estimate of drug-likeness (QED) is 0.759. The molecule has 0 radical (unpaired) electrons. The molecule has 0 fully saturated rings. The molecule has 0 spiro atoms. The Morgan fingerprint density at radius 1 is 1.40 bits per heavy atom. The maximum atomic E-state index is 11.9. The summed E-state index contributed by atoms with van der Waals surface area (Å²) in [4.78, 5) is 24.1. The van der Waals surface area contributed by atoms with Gasteiger partial charge in [0.1, 0.15) is 6.04 Å². The van der Waals surface area contributed by atoms with E-state index in [1.807, 2.05) is 32.0 Å². The summed E-state index contributed by atoms with van der Waals surface area (Å²) in [6, 6.07) is 6.68. The van der Waals surface area contributed by atoms with Gasteiger partial charge in [-0.25, -0.2) is 0 Å². The van der Waals surface area contributed by atoms with Crippen LogP contribution in [0.25, 0.3) is 0 Å². The van der Waals surface area contributed by atoms with E-state index in [9.17, 15) is 9.59 Å². The van der Waals surface area contributed by atoms with Crippen LogP contribution in [0.1, 0.15) is 20.3 Å². The molecule has 1 aromatic carbocycles. The zero-order chi connectivity index (χ0) is 15.1. The van der Waals surface area contributed by atoms with Crippen molar-refractivity contribution in [2.45, 2.75) is 31.2 Å². The molecule has 0 aliphatic carbocycles. The average molecular weight is 315 g/mol. The van der Waals surface area contributed by atoms with Gasteiger partial charge in [0, 0.05) is 4.90 Å². The van der Waals surface area contributed by atoms with E-state index < -0.39 is 11.9 Å². The Hall–Kier alpha value is -1.20. The first-order chi connectivity index (χ1) is 9.45. The van der Waals surface area contributed by atoms with Crippen LogP contribution in [0.3, 0.4) is 0 Å². The van der Waals surface area contributed by atoms with Gasteiger partial charge in [0.05, 0.1) is 10.8 Å². The van der Waals surface area contributed by atoms with Gasteiger partial charge in [-0.3, -0.25) is 9.59 Å². The summed E-state index contributed by atoms with van der Waals surface area (Å²) in [5, 5.41) is 3.29. The van der Waals surface area contributed by atoms with Gasteiger partial charge in [-0.05, 0) is 18.1 Å². The first kappa shape index (κ1) is 16.9. The maximum Gasteiger partial charge on any atom is 0.240 e. The fourth-order valence-corrected chi connectivity index (χ4v) is 2.70. The Labute approximate surface area is 128 Å². The summed E-state index contributed by atoms with van der Waals surface area (Å²) in [7, 11) is 0. The zero-order valence-corrected chi connectivity index (χ0v) is 13.1. The van der Waals surface area contributed by atoms with Crippen LogP contribution < -0.4 is 11.1 Å². The van der Waals surface area contributed by atoms with Crippen LogP contribution in [0.5, 0.6) is 0 Å². The van der Waals surface area contributed by atoms with E-state index in [0.29, 0.717) is 5.02 Å². The Kier molecular flexibility index (Phi) is 6.88. The lowest BCUT2D eigenvalue weighted by molar-refractivity contribution is -0.127. The number of carbonyl (C=O) groups excluding carboxylic acids is 2. The highest BCUT2D eigenvalue weighted by atomic mass is 35.5. The van der Waals surface area contributed by atoms with Crippen molar-refractivity contribution < 1.29 is 9.59 Å². The SMILES string of the molecule is CCC(C)C(NC(=O)CSc1ccccc1Cl)C(N)=O. The fourth-order valence-electron chi connectivity index (χ4n) is 1.65. The average Bonchev–Trinajstić information content (AvgIpc) is 2.42. The highest BCUT2D eigenvalue weighted by Crippen LogP contribution is 2.26. The summed E-state index contributed by atoms with van der Waals surface area (Å²) < 4.78 is 0. The molecule has 0 aromatic heterocycles. The summed E-state index contributed by atoms with van der Waals surface area (Å²) >= 11 is 7.34. The van der Waals surface area contributed by atoms with Crippen LogP contribution in [0.2, 0.25) is 5.02 Å². The van der Waals surface area contributed by atoms with Gasteiger partial charge in [0.25, 0.3) is 0 Å². The van der Waals surface area contributed by atoms with Crippen LogP contribution in [-0.4, -0.2) is 23.6 Å². The lowest BCUT2D eigenvalue weighted by Gasteiger charge is -2.21. The summed E-state index contributed by atoms with van der Waals surface area (Å²) in [6.45, 7) is 3.84. The molecule has 1 aromatic rings. The van der Waals surface area contributed by atoms with Gasteiger partial charge >= 0.3 is 0 Å². The van der Waals surface area contributed by atoms with Crippen LogP contribution in [0.4, 0.5) is 0 Å². The number of rotatable bonds is 7. The maximum absolute atomic E-state index is 11.9. The van der Waals surface area contributed by atoms with Crippen LogP contribution in [-0.2, 0) is 9.59 Å². The van der Waals surface area contributed by atoms with Crippen LogP contribution in [0.15, 0.2) is 29.2 Å². The van der Waals surface area contributed by atoms with Crippen molar-refractivity contribution in [2.24, 2.45) is 11.7 Å². The molecule has 0 saturated heterocycles. The molecular weight excluding hydrogens is 296 g/mol. The number of hydrogen-bond donors (Lipinski definition) is 2. The largest absolute Gasteiger partial charge is 0.368 e. The Balaban J connectivity index is 2.55. The van der Waals surface area contributed by atoms with Gasteiger partial charge in [-0.1, -0.05) is 44.0 Å². The summed E-state index contributed by atoms with van der Waals surface area (Å²) in [5.41, 5.74) is 5.31. The van der Waals surface area contributed by atoms with E-state index in [0.717, 1.165) is 11.3 Å². The summed E-state index contributed by atoms with van der Waals surface area (Å²) in [6.07, 6.45) is 0.769. The number of primary amides is 1. The zero-order valence-electron chi connectivity index (χ0n) is 11.6. The smallest absolute Gasteiger partial charge is 0.240 e. The Bertz CT molecular complexity index is 482. The molecule has 2 atom stereocenters. The summed E-state index contributed by atoms with van der Waals surface area (Å²) in [5.74, 6) is -0.513. The topological polar surface area (TPSA) is 72.2 Å². The van der Waals surface area contributed by atoms with Crippen molar-refractivity contribution in [2.75, 3.05) is 5.75 Å². The molecule has 2 amide bonds. The van der Waals surface area contributed by atoms with E-state index in [2.05, 4.69) is 5.32 Å². The van der Waals surface area contributed by atoms with E-state index in [1.165, 1.54) is 11.8 Å². The molecule has 0 aliphatic rings. The molecular formula is C14H19ClN2O2S. The van der Waals surface area contributed by atoms with Gasteiger partial charge < -0.3 is 11.1 Å². The lowest BCUT2D eigenvalue weighted by Crippen LogP contribution is -2.48. The monoisotopic (exact) mass is 314 g/mol. The number of halogens is 1. The highest BCUT2D eigenvalue weighted by Gasteiger charge is 2.23. The number of nitrogens with one attached hydrogen (secondary N) is 1. The van der Waals surface area contributed by atoms with Crippen molar-refractivity contribution in [3.05, 3.63) is 29.3 Å². The third-order valence-electron chi connectivity index (χ3n) is 3.03. The van der Waals surface area contributed by atoms with E-state index in [-0.39, 0.29) is 17.6 Å². The molecule has 3 N–H and O–H groups in total. The predicted molar refractivity (Wildman–Crippen MR) is 82.8 cm³/mol. The van der Waals surface area contributed by atoms with Crippen molar-refractivity contribution in [1.82, 2.24) is 5.32 Å². The van der Waals surface area contributed by atoms with Crippen molar-refractivity contribution in [3.63, 3.8) is 0 Å². The number of amides is 2. The van der Waals surface area contributed by atoms with E-state index >= 15 is 0 Å². The van der Waals surface area contributed by atoms with Crippen molar-refractivity contribution in [3.8, 4) is 0 Å². The Morgan fingerprint density at radius 3 is 2.60 bits per heavy atom. The first-order valence-corrected chi connectivity index (χ1v) is 7.78. The second kappa shape index (κ2) is 8.17. The molecule has 20 heavy (non-hydrogen) atoms. The lowest BCUT2D eigenvalue weighted by atomic mass is 9.99. The number of thioether (sulfide) groups is 1. The second-order valence-corrected chi connectivity index (χ2v) is 5.98. The third kappa shape index (κ3) is 5.06. The Morgan fingerprint density at radius 2 is 2.05 bits per heavy atom. The predicted octanol–water partition coefficient (Wildman–Crippen LogP) is 2.45. The van der Waals surface area contributed by atoms with Crippen molar-refractivity contribution >= 4 is 35.2 Å². The van der Waals surface area contributed by atoms with Crippen LogP contribution >= 0.6 is 23.4 Å². The molecule has 0 heterocycles. The fraction of sp³-hybridized carbons (Fsp3) is 0.429. The highest BCUT2D eigenvalue weighted by molar-refractivity contribution is 8.00. The normalized spacial score (nSPS) is 13.6. The minimum atomic E-state index is -0.626. The number of benzene rings is 1. The number of carbonyl (C=O) groups is 2. The third-order valence-corrected chi connectivity index (χ3v) is 4.55. The number of nitrogens with two attached hydrogens (primary N) is 1. The van der Waals surface area contributed by atoms with Crippen LogP contribution in [0, 0.1) is 5.92 Å². The molecule has 0 aliphatic heterocycles. The van der Waals surface area contributed by atoms with E-state index in [4.69, 9.17) is 17.3 Å². The molecule has 2 unspecified atom stereocenters. The standard InChI is InChI=1S/C14H19ClN2O2S/c1-3-9(2)13(14(16)19)17-12(18)8-20-11-7-5-4-6-10(11)15/h4-7,9,13H,3,8H2,1-2H3,(H2,16,19)(H,17,18). The van der Waals surface area contributed by atoms with E-state index in [1.54, 1.807) is 6.07 Å². The minimum Gasteiger partial charge on any atom is -0.368 e. The van der Waals surface area contributed by atoms with Gasteiger partial charge in [-0.2, -0.15) is 0 Å². The molecule has 0 bridgehead atoms. The molecule has 1 rings (SSSR count).